The van der Waals surface area contributed by atoms with Crippen LogP contribution < -0.4 is 11.1 Å². The van der Waals surface area contributed by atoms with Crippen molar-refractivity contribution in [1.82, 2.24) is 10.1 Å². The lowest BCUT2D eigenvalue weighted by Crippen LogP contribution is -2.32. The van der Waals surface area contributed by atoms with Crippen LogP contribution in [0.1, 0.15) is 65.9 Å². The van der Waals surface area contributed by atoms with Crippen LogP contribution in [0.3, 0.4) is 0 Å². The second-order valence-corrected chi connectivity index (χ2v) is 8.36. The van der Waals surface area contributed by atoms with Crippen molar-refractivity contribution in [3.63, 3.8) is 0 Å². The summed E-state index contributed by atoms with van der Waals surface area (Å²) in [6, 6.07) is 8.20. The van der Waals surface area contributed by atoms with Gasteiger partial charge in [0.25, 0.3) is 5.91 Å². The van der Waals surface area contributed by atoms with Crippen molar-refractivity contribution >= 4 is 17.4 Å². The first kappa shape index (κ1) is 19.8. The maximum absolute atomic E-state index is 12.6. The predicted octanol–water partition coefficient (Wildman–Crippen LogP) is 3.11. The van der Waals surface area contributed by atoms with Gasteiger partial charge < -0.3 is 20.5 Å². The van der Waals surface area contributed by atoms with E-state index in [0.717, 1.165) is 50.1 Å². The summed E-state index contributed by atoms with van der Waals surface area (Å²) in [7, 11) is 2.11. The Balaban J connectivity index is 1.31. The van der Waals surface area contributed by atoms with Gasteiger partial charge >= 0.3 is 0 Å². The lowest BCUT2D eigenvalue weighted by atomic mass is 9.88. The first-order valence-corrected chi connectivity index (χ1v) is 10.3. The molecule has 0 bridgehead atoms. The molecule has 2 heterocycles. The van der Waals surface area contributed by atoms with Crippen molar-refractivity contribution in [1.29, 1.82) is 0 Å². The average Bonchev–Trinajstić information content (AvgIpc) is 3.46. The van der Waals surface area contributed by atoms with Crippen LogP contribution in [0.25, 0.3) is 0 Å². The normalized spacial score (nSPS) is 19.1. The number of benzene rings is 1. The molecule has 1 saturated carbocycles. The number of rotatable bonds is 7. The van der Waals surface area contributed by atoms with Gasteiger partial charge in [-0.15, -0.1) is 0 Å². The minimum Gasteiger partial charge on any atom is -0.360 e. The SMILES string of the molecule is CN1CCC(CC(=O)C(N)c2ccc(NC(=O)c3cc(C4CC4)on3)cc2)CC1. The Morgan fingerprint density at radius 2 is 1.90 bits per heavy atom. The summed E-state index contributed by atoms with van der Waals surface area (Å²) in [5, 5.41) is 6.65. The number of hydrogen-bond acceptors (Lipinski definition) is 6. The van der Waals surface area contributed by atoms with Gasteiger partial charge in [0.05, 0.1) is 6.04 Å². The number of Topliss-reactive ketones (excluding diaryl/α,β-unsaturated/α-hetero) is 1. The summed E-state index contributed by atoms with van der Waals surface area (Å²) < 4.78 is 5.23. The molecule has 1 aliphatic carbocycles. The lowest BCUT2D eigenvalue weighted by molar-refractivity contribution is -0.121. The molecule has 29 heavy (non-hydrogen) atoms. The molecule has 1 aromatic carbocycles. The van der Waals surface area contributed by atoms with Crippen molar-refractivity contribution in [3.05, 3.63) is 47.3 Å². The van der Waals surface area contributed by atoms with E-state index < -0.39 is 6.04 Å². The lowest BCUT2D eigenvalue weighted by Gasteiger charge is -2.29. The number of anilines is 1. The van der Waals surface area contributed by atoms with Crippen LogP contribution in [0.5, 0.6) is 0 Å². The number of likely N-dealkylation sites (tertiary alicyclic amines) is 1. The van der Waals surface area contributed by atoms with Crippen molar-refractivity contribution in [2.24, 2.45) is 11.7 Å². The average molecular weight is 396 g/mol. The van der Waals surface area contributed by atoms with E-state index in [1.807, 2.05) is 0 Å². The zero-order valence-corrected chi connectivity index (χ0v) is 16.8. The maximum Gasteiger partial charge on any atom is 0.277 e. The molecule has 154 valence electrons. The molecular formula is C22H28N4O3. The fourth-order valence-electron chi connectivity index (χ4n) is 3.79. The molecule has 2 aromatic rings. The Labute approximate surface area is 170 Å². The van der Waals surface area contributed by atoms with Crippen LogP contribution in [-0.4, -0.2) is 41.9 Å². The van der Waals surface area contributed by atoms with Crippen LogP contribution in [0, 0.1) is 5.92 Å². The summed E-state index contributed by atoms with van der Waals surface area (Å²) in [6.07, 6.45) is 4.81. The molecule has 1 aromatic heterocycles. The van der Waals surface area contributed by atoms with E-state index in [-0.39, 0.29) is 17.4 Å². The highest BCUT2D eigenvalue weighted by Crippen LogP contribution is 2.40. The van der Waals surface area contributed by atoms with Gasteiger partial charge in [-0.05, 0) is 69.4 Å². The third-order valence-corrected chi connectivity index (χ3v) is 5.94. The van der Waals surface area contributed by atoms with Gasteiger partial charge in [-0.1, -0.05) is 17.3 Å². The highest BCUT2D eigenvalue weighted by Gasteiger charge is 2.29. The van der Waals surface area contributed by atoms with Crippen LogP contribution in [0.4, 0.5) is 5.69 Å². The van der Waals surface area contributed by atoms with E-state index in [1.165, 1.54) is 0 Å². The predicted molar refractivity (Wildman–Crippen MR) is 110 cm³/mol. The van der Waals surface area contributed by atoms with Gasteiger partial charge in [0, 0.05) is 24.1 Å². The number of carbonyl (C=O) groups excluding carboxylic acids is 2. The monoisotopic (exact) mass is 396 g/mol. The number of amides is 1. The Morgan fingerprint density at radius 3 is 2.55 bits per heavy atom. The van der Waals surface area contributed by atoms with Crippen LogP contribution >= 0.6 is 0 Å². The van der Waals surface area contributed by atoms with Gasteiger partial charge in [-0.25, -0.2) is 0 Å². The molecule has 7 heteroatoms. The van der Waals surface area contributed by atoms with Crippen molar-refractivity contribution < 1.29 is 14.1 Å². The number of hydrogen-bond donors (Lipinski definition) is 2. The number of nitrogens with one attached hydrogen (secondary N) is 1. The highest BCUT2D eigenvalue weighted by atomic mass is 16.5. The summed E-state index contributed by atoms with van der Waals surface area (Å²) in [5.74, 6) is 1.38. The zero-order chi connectivity index (χ0) is 20.4. The van der Waals surface area contributed by atoms with Crippen molar-refractivity contribution in [2.45, 2.75) is 44.1 Å². The molecule has 2 fully saturated rings. The van der Waals surface area contributed by atoms with Gasteiger partial charge in [0.1, 0.15) is 5.76 Å². The fourth-order valence-corrected chi connectivity index (χ4v) is 3.79. The number of nitrogens with zero attached hydrogens (tertiary/aromatic N) is 2. The number of piperidine rings is 1. The zero-order valence-electron chi connectivity index (χ0n) is 16.8. The number of ketones is 1. The van der Waals surface area contributed by atoms with Crippen molar-refractivity contribution in [2.75, 3.05) is 25.5 Å². The maximum atomic E-state index is 12.6. The molecule has 1 atom stereocenters. The Morgan fingerprint density at radius 1 is 1.21 bits per heavy atom. The number of nitrogens with two attached hydrogens (primary N) is 1. The van der Waals surface area contributed by atoms with E-state index in [1.54, 1.807) is 30.3 Å². The topological polar surface area (TPSA) is 101 Å². The quantitative estimate of drug-likeness (QED) is 0.746. The second kappa shape index (κ2) is 8.47. The van der Waals surface area contributed by atoms with E-state index in [0.29, 0.717) is 23.9 Å². The molecular weight excluding hydrogens is 368 g/mol. The molecule has 7 nitrogen and oxygen atoms in total. The van der Waals surface area contributed by atoms with E-state index >= 15 is 0 Å². The summed E-state index contributed by atoms with van der Waals surface area (Å²) >= 11 is 0. The Bertz CT molecular complexity index is 864. The fraction of sp³-hybridized carbons (Fsp3) is 0.500. The minimum absolute atomic E-state index is 0.0755. The van der Waals surface area contributed by atoms with Gasteiger partial charge in [-0.3, -0.25) is 9.59 Å². The number of aromatic nitrogens is 1. The Kier molecular flexibility index (Phi) is 5.78. The smallest absolute Gasteiger partial charge is 0.277 e. The summed E-state index contributed by atoms with van der Waals surface area (Å²) in [5.41, 5.74) is 7.86. The highest BCUT2D eigenvalue weighted by molar-refractivity contribution is 6.02. The first-order chi connectivity index (χ1) is 14.0. The molecule has 0 radical (unpaired) electrons. The molecule has 2 aliphatic rings. The largest absolute Gasteiger partial charge is 0.360 e. The third-order valence-electron chi connectivity index (χ3n) is 5.94. The van der Waals surface area contributed by atoms with Gasteiger partial charge in [0.2, 0.25) is 0 Å². The molecule has 1 saturated heterocycles. The first-order valence-electron chi connectivity index (χ1n) is 10.3. The molecule has 4 rings (SSSR count). The van der Waals surface area contributed by atoms with Crippen LogP contribution in [-0.2, 0) is 4.79 Å². The van der Waals surface area contributed by atoms with E-state index in [4.69, 9.17) is 10.3 Å². The van der Waals surface area contributed by atoms with E-state index in [2.05, 4.69) is 22.4 Å². The second-order valence-electron chi connectivity index (χ2n) is 8.36. The van der Waals surface area contributed by atoms with Gasteiger partial charge in [0.15, 0.2) is 11.5 Å². The van der Waals surface area contributed by atoms with E-state index in [9.17, 15) is 9.59 Å². The molecule has 3 N–H and O–H groups in total. The molecule has 1 aliphatic heterocycles. The number of carbonyl (C=O) groups is 2. The van der Waals surface area contributed by atoms with Gasteiger partial charge in [-0.2, -0.15) is 0 Å². The van der Waals surface area contributed by atoms with Crippen LogP contribution in [0.2, 0.25) is 0 Å². The standard InChI is InChI=1S/C22H28N4O3/c1-26-10-8-14(9-11-26)12-19(27)21(23)16-4-6-17(7-5-16)24-22(28)18-13-20(29-25-18)15-2-3-15/h4-7,13-15,21H,2-3,8-12,23H2,1H3,(H,24,28). The summed E-state index contributed by atoms with van der Waals surface area (Å²) in [4.78, 5) is 27.2. The molecule has 1 amide bonds. The third kappa shape index (κ3) is 4.92. The minimum atomic E-state index is -0.629. The van der Waals surface area contributed by atoms with Crippen LogP contribution in [0.15, 0.2) is 34.9 Å². The summed E-state index contributed by atoms with van der Waals surface area (Å²) in [6.45, 7) is 2.07. The molecule has 0 spiro atoms. The van der Waals surface area contributed by atoms with Crippen molar-refractivity contribution in [3.8, 4) is 0 Å². The molecule has 1 unspecified atom stereocenters. The Hall–Kier alpha value is -2.51.